The van der Waals surface area contributed by atoms with E-state index in [1.165, 1.54) is 0 Å². The summed E-state index contributed by atoms with van der Waals surface area (Å²) in [4.78, 5) is 11.1. The van der Waals surface area contributed by atoms with Crippen molar-refractivity contribution < 1.29 is 44.8 Å². The zero-order valence-corrected chi connectivity index (χ0v) is 9.30. The van der Waals surface area contributed by atoms with Crippen LogP contribution in [0.5, 0.6) is 5.75 Å². The van der Waals surface area contributed by atoms with E-state index in [0.717, 1.165) is 0 Å². The molecule has 0 unspecified atom stereocenters. The highest BCUT2D eigenvalue weighted by Gasteiger charge is 2.46. The van der Waals surface area contributed by atoms with Gasteiger partial charge in [-0.05, 0) is 0 Å². The summed E-state index contributed by atoms with van der Waals surface area (Å²) in [5, 5.41) is 10.5. The van der Waals surface area contributed by atoms with Crippen LogP contribution in [-0.2, 0) is 6.18 Å². The van der Waals surface area contributed by atoms with Crippen LogP contribution in [0.25, 0.3) is 0 Å². The molecule has 0 spiro atoms. The Morgan fingerprint density at radius 3 is 2.05 bits per heavy atom. The Bertz CT molecular complexity index is 554. The van der Waals surface area contributed by atoms with Crippen LogP contribution in [0, 0.1) is 10.1 Å². The third-order valence-electron chi connectivity index (χ3n) is 1.95. The van der Waals surface area contributed by atoms with E-state index in [-0.39, 0.29) is 6.20 Å². The lowest BCUT2D eigenvalue weighted by Crippen LogP contribution is -2.21. The second-order valence-corrected chi connectivity index (χ2v) is 3.34. The van der Waals surface area contributed by atoms with Gasteiger partial charge in [0.05, 0.1) is 4.92 Å². The van der Waals surface area contributed by atoms with Crippen LogP contribution in [0.3, 0.4) is 0 Å². The van der Waals surface area contributed by atoms with Crippen molar-refractivity contribution >= 4 is 5.69 Å². The highest BCUT2D eigenvalue weighted by molar-refractivity contribution is 5.56. The fraction of sp³-hybridized carbons (Fsp3) is 0.375. The number of nitrogens with zero attached hydrogens (tertiary/aromatic N) is 2. The number of pyridine rings is 1. The molecule has 1 aromatic heterocycles. The van der Waals surface area contributed by atoms with Crippen molar-refractivity contribution in [1.29, 1.82) is 0 Å². The van der Waals surface area contributed by atoms with Gasteiger partial charge in [0.15, 0.2) is 11.3 Å². The third-order valence-corrected chi connectivity index (χ3v) is 1.95. The maximum absolute atomic E-state index is 12.5. The summed E-state index contributed by atoms with van der Waals surface area (Å²) >= 11 is 0. The van der Waals surface area contributed by atoms with Gasteiger partial charge in [0.1, 0.15) is 0 Å². The van der Waals surface area contributed by atoms with Gasteiger partial charge < -0.3 is 4.74 Å². The molecule has 13 heteroatoms. The molecule has 0 saturated carbocycles. The Hall–Kier alpha value is -2.21. The second kappa shape index (κ2) is 5.29. The predicted octanol–water partition coefficient (Wildman–Crippen LogP) is 3.84. The van der Waals surface area contributed by atoms with Gasteiger partial charge in [-0.15, -0.1) is 13.2 Å². The average molecular weight is 326 g/mol. The molecule has 0 N–H and O–H groups in total. The molecule has 0 aliphatic carbocycles. The summed E-state index contributed by atoms with van der Waals surface area (Å²) < 4.78 is 101. The normalized spacial score (nSPS) is 12.6. The van der Waals surface area contributed by atoms with Gasteiger partial charge in [0.25, 0.3) is 6.43 Å². The van der Waals surface area contributed by atoms with Crippen LogP contribution in [-0.4, -0.2) is 16.3 Å². The highest BCUT2D eigenvalue weighted by Crippen LogP contribution is 2.45. The zero-order valence-electron chi connectivity index (χ0n) is 9.30. The molecule has 0 saturated heterocycles. The molecule has 118 valence electrons. The second-order valence-electron chi connectivity index (χ2n) is 3.34. The highest BCUT2D eigenvalue weighted by atomic mass is 19.4. The van der Waals surface area contributed by atoms with Crippen LogP contribution in [0.1, 0.15) is 17.7 Å². The molecule has 1 rings (SSSR count). The largest absolute Gasteiger partial charge is 0.573 e. The van der Waals surface area contributed by atoms with E-state index >= 15 is 0 Å². The van der Waals surface area contributed by atoms with Gasteiger partial charge in [-0.3, -0.25) is 15.1 Å². The summed E-state index contributed by atoms with van der Waals surface area (Å²) in [6.45, 7) is 0. The summed E-state index contributed by atoms with van der Waals surface area (Å²) in [6, 6.07) is 0. The van der Waals surface area contributed by atoms with E-state index in [9.17, 15) is 45.2 Å². The number of hydrogen-bond donors (Lipinski definition) is 0. The minimum atomic E-state index is -5.72. The van der Waals surface area contributed by atoms with E-state index in [4.69, 9.17) is 0 Å². The third kappa shape index (κ3) is 3.88. The first-order chi connectivity index (χ1) is 9.34. The van der Waals surface area contributed by atoms with E-state index in [1.807, 2.05) is 0 Å². The Morgan fingerprint density at radius 2 is 1.71 bits per heavy atom. The molecule has 1 heterocycles. The number of hydrogen-bond acceptors (Lipinski definition) is 4. The van der Waals surface area contributed by atoms with Crippen molar-refractivity contribution in [3.05, 3.63) is 27.6 Å². The predicted molar refractivity (Wildman–Crippen MR) is 47.5 cm³/mol. The molecular weight excluding hydrogens is 324 g/mol. The van der Waals surface area contributed by atoms with Gasteiger partial charge in [-0.25, -0.2) is 8.78 Å². The summed E-state index contributed by atoms with van der Waals surface area (Å²) in [6.07, 6.45) is -15.4. The molecule has 0 bridgehead atoms. The van der Waals surface area contributed by atoms with E-state index in [2.05, 4.69) is 9.72 Å². The topological polar surface area (TPSA) is 65.3 Å². The monoisotopic (exact) mass is 326 g/mol. The molecule has 0 aliphatic rings. The minimum Gasteiger partial charge on any atom is -0.396 e. The lowest BCUT2D eigenvalue weighted by Gasteiger charge is -2.15. The van der Waals surface area contributed by atoms with Crippen LogP contribution in [0.4, 0.5) is 40.8 Å². The van der Waals surface area contributed by atoms with Gasteiger partial charge in [0, 0.05) is 6.20 Å². The van der Waals surface area contributed by atoms with Gasteiger partial charge in [-0.2, -0.15) is 13.2 Å². The Kier molecular flexibility index (Phi) is 4.24. The van der Waals surface area contributed by atoms with E-state index in [1.54, 1.807) is 0 Å². The maximum atomic E-state index is 12.5. The first kappa shape index (κ1) is 16.8. The molecule has 0 fully saturated rings. The minimum absolute atomic E-state index is 0.358. The van der Waals surface area contributed by atoms with Gasteiger partial charge in [-0.1, -0.05) is 0 Å². The summed E-state index contributed by atoms with van der Waals surface area (Å²) in [5.74, 6) is -2.29. The summed E-state index contributed by atoms with van der Waals surface area (Å²) in [7, 11) is 0. The first-order valence-electron chi connectivity index (χ1n) is 4.63. The fourth-order valence-electron chi connectivity index (χ4n) is 1.26. The fourth-order valence-corrected chi connectivity index (χ4v) is 1.26. The molecule has 1 aromatic rings. The zero-order chi connectivity index (χ0) is 16.6. The number of aromatic nitrogens is 1. The molecule has 0 aromatic carbocycles. The first-order valence-corrected chi connectivity index (χ1v) is 4.63. The molecule has 0 radical (unpaired) electrons. The van der Waals surface area contributed by atoms with Crippen LogP contribution >= 0.6 is 0 Å². The number of alkyl halides is 8. The van der Waals surface area contributed by atoms with Crippen molar-refractivity contribution in [3.63, 3.8) is 0 Å². The molecule has 5 nitrogen and oxygen atoms in total. The number of halogens is 8. The van der Waals surface area contributed by atoms with Crippen LogP contribution in [0.2, 0.25) is 0 Å². The van der Waals surface area contributed by atoms with Crippen molar-refractivity contribution in [2.45, 2.75) is 19.0 Å². The van der Waals surface area contributed by atoms with Crippen molar-refractivity contribution in [2.24, 2.45) is 0 Å². The number of nitro groups is 1. The van der Waals surface area contributed by atoms with Gasteiger partial charge >= 0.3 is 18.2 Å². The lowest BCUT2D eigenvalue weighted by molar-refractivity contribution is -0.392. The molecule has 0 aliphatic heterocycles. The Morgan fingerprint density at radius 1 is 1.19 bits per heavy atom. The van der Waals surface area contributed by atoms with Crippen LogP contribution < -0.4 is 4.74 Å². The number of ether oxygens (including phenoxy) is 1. The van der Waals surface area contributed by atoms with E-state index in [0.29, 0.717) is 0 Å². The maximum Gasteiger partial charge on any atom is 0.573 e. The average Bonchev–Trinajstić information content (AvgIpc) is 2.23. The molecule has 0 amide bonds. The molecule has 21 heavy (non-hydrogen) atoms. The SMILES string of the molecule is O=[N+]([O-])c1c(C(F)(F)F)cnc(C(F)F)c1OC(F)(F)F. The number of rotatable bonds is 3. The quantitative estimate of drug-likeness (QED) is 0.481. The molecule has 0 atom stereocenters. The van der Waals surface area contributed by atoms with Crippen molar-refractivity contribution in [3.8, 4) is 5.75 Å². The summed E-state index contributed by atoms with van der Waals surface area (Å²) in [5.41, 5.74) is -6.45. The van der Waals surface area contributed by atoms with Crippen LogP contribution in [0.15, 0.2) is 6.20 Å². The Labute approximate surface area is 109 Å². The Balaban J connectivity index is 3.70. The van der Waals surface area contributed by atoms with Gasteiger partial charge in [0.2, 0.25) is 5.75 Å². The van der Waals surface area contributed by atoms with E-state index < -0.39 is 46.6 Å². The van der Waals surface area contributed by atoms with Crippen molar-refractivity contribution in [2.75, 3.05) is 0 Å². The standard InChI is InChI=1S/C8H2F8N2O3/c9-6(10)3-5(21-8(14,15)16)4(18(19)20)2(1-17-3)7(11,12)13/h1,6H. The van der Waals surface area contributed by atoms with Crippen molar-refractivity contribution in [1.82, 2.24) is 4.98 Å². The molecular formula is C8H2F8N2O3. The lowest BCUT2D eigenvalue weighted by atomic mass is 10.2. The smallest absolute Gasteiger partial charge is 0.396 e.